The molecule has 2 amide bonds. The SMILES string of the molecule is COC(=O)CC1C(=O)NCCN1C(=O)c1ccnc(OC)c1. The number of pyridine rings is 1. The molecule has 0 aliphatic carbocycles. The molecule has 1 N–H and O–H groups in total. The Balaban J connectivity index is 2.24. The highest BCUT2D eigenvalue weighted by Crippen LogP contribution is 2.16. The highest BCUT2D eigenvalue weighted by molar-refractivity contribution is 5.99. The van der Waals surface area contributed by atoms with Gasteiger partial charge >= 0.3 is 5.97 Å². The van der Waals surface area contributed by atoms with Crippen LogP contribution in [0.2, 0.25) is 0 Å². The first kappa shape index (κ1) is 15.7. The standard InChI is InChI=1S/C14H17N3O5/c1-21-11-7-9(3-4-15-11)14(20)17-6-5-16-13(19)10(17)8-12(18)22-2/h3-4,7,10H,5-6,8H2,1-2H3,(H,16,19). The molecule has 22 heavy (non-hydrogen) atoms. The summed E-state index contributed by atoms with van der Waals surface area (Å²) in [5.74, 6) is -0.973. The van der Waals surface area contributed by atoms with Crippen molar-refractivity contribution in [3.8, 4) is 5.88 Å². The maximum absolute atomic E-state index is 12.6. The van der Waals surface area contributed by atoms with Crippen LogP contribution >= 0.6 is 0 Å². The van der Waals surface area contributed by atoms with Crippen LogP contribution in [0.5, 0.6) is 5.88 Å². The first-order valence-electron chi connectivity index (χ1n) is 6.72. The van der Waals surface area contributed by atoms with Crippen LogP contribution in [0.4, 0.5) is 0 Å². The van der Waals surface area contributed by atoms with E-state index in [1.807, 2.05) is 0 Å². The Morgan fingerprint density at radius 3 is 2.91 bits per heavy atom. The van der Waals surface area contributed by atoms with Crippen LogP contribution in [0, 0.1) is 0 Å². The van der Waals surface area contributed by atoms with Crippen molar-refractivity contribution in [3.63, 3.8) is 0 Å². The second-order valence-electron chi connectivity index (χ2n) is 4.67. The number of carbonyl (C=O) groups is 3. The second-order valence-corrected chi connectivity index (χ2v) is 4.67. The minimum Gasteiger partial charge on any atom is -0.481 e. The van der Waals surface area contributed by atoms with E-state index in [9.17, 15) is 14.4 Å². The number of methoxy groups -OCH3 is 2. The van der Waals surface area contributed by atoms with Gasteiger partial charge in [-0.2, -0.15) is 0 Å². The molecule has 2 heterocycles. The Kier molecular flexibility index (Phi) is 4.92. The number of rotatable bonds is 4. The van der Waals surface area contributed by atoms with Gasteiger partial charge in [0.1, 0.15) is 6.04 Å². The molecule has 1 atom stereocenters. The number of hydrogen-bond acceptors (Lipinski definition) is 6. The molecule has 1 aromatic rings. The van der Waals surface area contributed by atoms with Crippen molar-refractivity contribution in [2.75, 3.05) is 27.3 Å². The third-order valence-corrected chi connectivity index (χ3v) is 3.37. The number of amides is 2. The van der Waals surface area contributed by atoms with Gasteiger partial charge in [0.05, 0.1) is 20.6 Å². The summed E-state index contributed by atoms with van der Waals surface area (Å²) in [5.41, 5.74) is 0.344. The van der Waals surface area contributed by atoms with Crippen LogP contribution in [-0.4, -0.2) is 61.0 Å². The number of nitrogens with one attached hydrogen (secondary N) is 1. The molecule has 1 aromatic heterocycles. The fourth-order valence-corrected chi connectivity index (χ4v) is 2.22. The fraction of sp³-hybridized carbons (Fsp3) is 0.429. The van der Waals surface area contributed by atoms with Crippen molar-refractivity contribution in [2.24, 2.45) is 0 Å². The Morgan fingerprint density at radius 2 is 2.23 bits per heavy atom. The molecule has 1 aliphatic heterocycles. The molecular formula is C14H17N3O5. The predicted octanol–water partition coefficient (Wildman–Crippen LogP) is -0.406. The molecule has 0 radical (unpaired) electrons. The van der Waals surface area contributed by atoms with Gasteiger partial charge in [0.2, 0.25) is 11.8 Å². The van der Waals surface area contributed by atoms with Gasteiger partial charge in [-0.15, -0.1) is 0 Å². The van der Waals surface area contributed by atoms with E-state index in [1.54, 1.807) is 0 Å². The van der Waals surface area contributed by atoms with E-state index in [1.165, 1.54) is 37.4 Å². The van der Waals surface area contributed by atoms with E-state index < -0.39 is 12.0 Å². The van der Waals surface area contributed by atoms with Crippen LogP contribution in [0.25, 0.3) is 0 Å². The lowest BCUT2D eigenvalue weighted by Gasteiger charge is -2.34. The minimum atomic E-state index is -0.882. The smallest absolute Gasteiger partial charge is 0.308 e. The third kappa shape index (κ3) is 3.33. The highest BCUT2D eigenvalue weighted by Gasteiger charge is 2.35. The van der Waals surface area contributed by atoms with Crippen LogP contribution in [0.15, 0.2) is 18.3 Å². The molecule has 1 saturated heterocycles. The van der Waals surface area contributed by atoms with E-state index in [-0.39, 0.29) is 18.2 Å². The number of carbonyl (C=O) groups excluding carboxylic acids is 3. The molecule has 2 rings (SSSR count). The lowest BCUT2D eigenvalue weighted by atomic mass is 10.1. The molecule has 1 aliphatic rings. The number of hydrogen-bond donors (Lipinski definition) is 1. The molecule has 0 spiro atoms. The van der Waals surface area contributed by atoms with Gasteiger partial charge in [0.15, 0.2) is 0 Å². The molecule has 8 heteroatoms. The summed E-state index contributed by atoms with van der Waals surface area (Å²) in [6.45, 7) is 0.654. The lowest BCUT2D eigenvalue weighted by molar-refractivity contribution is -0.145. The number of piperazine rings is 1. The molecule has 0 saturated carbocycles. The third-order valence-electron chi connectivity index (χ3n) is 3.37. The summed E-state index contributed by atoms with van der Waals surface area (Å²) in [5, 5.41) is 2.64. The number of nitrogens with zero attached hydrogens (tertiary/aromatic N) is 2. The zero-order chi connectivity index (χ0) is 16.1. The number of esters is 1. The van der Waals surface area contributed by atoms with Gasteiger partial charge < -0.3 is 19.7 Å². The molecule has 0 bridgehead atoms. The Labute approximate surface area is 127 Å². The Morgan fingerprint density at radius 1 is 1.45 bits per heavy atom. The first-order valence-corrected chi connectivity index (χ1v) is 6.72. The zero-order valence-electron chi connectivity index (χ0n) is 12.4. The van der Waals surface area contributed by atoms with Crippen LogP contribution in [0.1, 0.15) is 16.8 Å². The summed E-state index contributed by atoms with van der Waals surface area (Å²) in [7, 11) is 2.69. The Bertz CT molecular complexity index is 590. The van der Waals surface area contributed by atoms with Crippen molar-refractivity contribution in [3.05, 3.63) is 23.9 Å². The van der Waals surface area contributed by atoms with E-state index in [0.29, 0.717) is 24.5 Å². The average Bonchev–Trinajstić information content (AvgIpc) is 2.55. The molecule has 118 valence electrons. The molecule has 0 aromatic carbocycles. The van der Waals surface area contributed by atoms with Crippen molar-refractivity contribution in [1.29, 1.82) is 0 Å². The van der Waals surface area contributed by atoms with E-state index in [4.69, 9.17) is 4.74 Å². The quantitative estimate of drug-likeness (QED) is 0.760. The van der Waals surface area contributed by atoms with Crippen LogP contribution < -0.4 is 10.1 Å². The van der Waals surface area contributed by atoms with E-state index in [2.05, 4.69) is 15.0 Å². The maximum atomic E-state index is 12.6. The molecule has 1 fully saturated rings. The fourth-order valence-electron chi connectivity index (χ4n) is 2.22. The summed E-state index contributed by atoms with van der Waals surface area (Å²) in [6.07, 6.45) is 1.27. The lowest BCUT2D eigenvalue weighted by Crippen LogP contribution is -2.57. The predicted molar refractivity (Wildman–Crippen MR) is 75.3 cm³/mol. The van der Waals surface area contributed by atoms with Crippen molar-refractivity contribution in [2.45, 2.75) is 12.5 Å². The summed E-state index contributed by atoms with van der Waals surface area (Å²) in [6, 6.07) is 2.14. The van der Waals surface area contributed by atoms with Gasteiger partial charge in [0.25, 0.3) is 5.91 Å². The highest BCUT2D eigenvalue weighted by atomic mass is 16.5. The Hall–Kier alpha value is -2.64. The van der Waals surface area contributed by atoms with Crippen LogP contribution in [0.3, 0.4) is 0 Å². The van der Waals surface area contributed by atoms with E-state index >= 15 is 0 Å². The average molecular weight is 307 g/mol. The molecular weight excluding hydrogens is 290 g/mol. The largest absolute Gasteiger partial charge is 0.481 e. The molecule has 1 unspecified atom stereocenters. The number of aromatic nitrogens is 1. The van der Waals surface area contributed by atoms with Gasteiger partial charge in [0, 0.05) is 30.9 Å². The van der Waals surface area contributed by atoms with Crippen molar-refractivity contribution in [1.82, 2.24) is 15.2 Å². The maximum Gasteiger partial charge on any atom is 0.308 e. The molecule has 8 nitrogen and oxygen atoms in total. The van der Waals surface area contributed by atoms with Gasteiger partial charge in [-0.25, -0.2) is 4.98 Å². The minimum absolute atomic E-state index is 0.184. The zero-order valence-corrected chi connectivity index (χ0v) is 12.4. The normalized spacial score (nSPS) is 17.6. The van der Waals surface area contributed by atoms with E-state index in [0.717, 1.165) is 0 Å². The first-order chi connectivity index (χ1) is 10.6. The summed E-state index contributed by atoms with van der Waals surface area (Å²) in [4.78, 5) is 41.3. The summed E-state index contributed by atoms with van der Waals surface area (Å²) < 4.78 is 9.57. The summed E-state index contributed by atoms with van der Waals surface area (Å²) >= 11 is 0. The topological polar surface area (TPSA) is 97.8 Å². The second kappa shape index (κ2) is 6.88. The number of ether oxygens (including phenoxy) is 2. The van der Waals surface area contributed by atoms with Crippen molar-refractivity contribution < 1.29 is 23.9 Å². The van der Waals surface area contributed by atoms with Gasteiger partial charge in [-0.1, -0.05) is 0 Å². The van der Waals surface area contributed by atoms with Crippen LogP contribution in [-0.2, 0) is 14.3 Å². The monoisotopic (exact) mass is 307 g/mol. The van der Waals surface area contributed by atoms with Gasteiger partial charge in [-0.05, 0) is 6.07 Å². The van der Waals surface area contributed by atoms with Gasteiger partial charge in [-0.3, -0.25) is 14.4 Å². The van der Waals surface area contributed by atoms with Crippen molar-refractivity contribution >= 4 is 17.8 Å².